The summed E-state index contributed by atoms with van der Waals surface area (Å²) in [7, 11) is 3.31. The third kappa shape index (κ3) is 5.29. The van der Waals surface area contributed by atoms with Crippen LogP contribution < -0.4 is 4.74 Å². The van der Waals surface area contributed by atoms with Crippen LogP contribution >= 0.6 is 0 Å². The second kappa shape index (κ2) is 8.66. The maximum absolute atomic E-state index is 10.9. The smallest absolute Gasteiger partial charge is 0.150 e. The van der Waals surface area contributed by atoms with Gasteiger partial charge in [-0.15, -0.1) is 0 Å². The Hall–Kier alpha value is -1.39. The molecule has 0 N–H and O–H groups in total. The van der Waals surface area contributed by atoms with Crippen LogP contribution in [0.5, 0.6) is 5.75 Å². The number of hydrogen-bond acceptors (Lipinski definition) is 4. The van der Waals surface area contributed by atoms with E-state index < -0.39 is 0 Å². The summed E-state index contributed by atoms with van der Waals surface area (Å²) in [5.41, 5.74) is 1.72. The summed E-state index contributed by atoms with van der Waals surface area (Å²) in [4.78, 5) is 10.9. The van der Waals surface area contributed by atoms with Gasteiger partial charge in [-0.3, -0.25) is 4.79 Å². The van der Waals surface area contributed by atoms with Crippen molar-refractivity contribution in [2.75, 3.05) is 34.0 Å². The largest absolute Gasteiger partial charge is 0.491 e. The summed E-state index contributed by atoms with van der Waals surface area (Å²) in [5.74, 6) is 0.712. The molecule has 0 saturated heterocycles. The highest BCUT2D eigenvalue weighted by atomic mass is 16.5. The second-order valence-corrected chi connectivity index (χ2v) is 3.97. The van der Waals surface area contributed by atoms with Crippen molar-refractivity contribution < 1.29 is 19.0 Å². The predicted molar refractivity (Wildman–Crippen MR) is 69.4 cm³/mol. The van der Waals surface area contributed by atoms with E-state index >= 15 is 0 Å². The SMILES string of the molecule is COCCCc1cc(C=O)cc(OCCOC)c1. The normalized spacial score (nSPS) is 10.3. The Kier molecular flexibility index (Phi) is 7.06. The van der Waals surface area contributed by atoms with Crippen LogP contribution in [0.1, 0.15) is 22.3 Å². The molecule has 0 amide bonds. The summed E-state index contributed by atoms with van der Waals surface area (Å²) < 4.78 is 15.5. The maximum atomic E-state index is 10.9. The van der Waals surface area contributed by atoms with Gasteiger partial charge in [-0.1, -0.05) is 0 Å². The lowest BCUT2D eigenvalue weighted by Crippen LogP contribution is -2.05. The minimum atomic E-state index is 0.482. The molecule has 1 rings (SSSR count). The molecule has 1 aromatic carbocycles. The Bertz CT molecular complexity index is 335. The third-order valence-corrected chi connectivity index (χ3v) is 2.49. The first kappa shape index (κ1) is 14.7. The molecule has 0 radical (unpaired) electrons. The zero-order valence-corrected chi connectivity index (χ0v) is 11.0. The van der Waals surface area contributed by atoms with Crippen molar-refractivity contribution in [1.29, 1.82) is 0 Å². The predicted octanol–water partition coefficient (Wildman–Crippen LogP) is 2.10. The van der Waals surface area contributed by atoms with Gasteiger partial charge in [0.05, 0.1) is 6.61 Å². The summed E-state index contributed by atoms with van der Waals surface area (Å²) in [6.45, 7) is 1.73. The summed E-state index contributed by atoms with van der Waals surface area (Å²) in [5, 5.41) is 0. The van der Waals surface area contributed by atoms with Crippen LogP contribution in [0, 0.1) is 0 Å². The number of hydrogen-bond donors (Lipinski definition) is 0. The molecule has 4 nitrogen and oxygen atoms in total. The van der Waals surface area contributed by atoms with Gasteiger partial charge in [0.1, 0.15) is 18.6 Å². The van der Waals surface area contributed by atoms with Crippen LogP contribution in [0.2, 0.25) is 0 Å². The number of benzene rings is 1. The number of aryl methyl sites for hydroxylation is 1. The van der Waals surface area contributed by atoms with E-state index in [-0.39, 0.29) is 0 Å². The fraction of sp³-hybridized carbons (Fsp3) is 0.500. The zero-order chi connectivity index (χ0) is 13.2. The van der Waals surface area contributed by atoms with Gasteiger partial charge in [-0.05, 0) is 36.6 Å². The van der Waals surface area contributed by atoms with Gasteiger partial charge in [0.2, 0.25) is 0 Å². The number of rotatable bonds is 9. The van der Waals surface area contributed by atoms with Crippen molar-refractivity contribution in [2.45, 2.75) is 12.8 Å². The van der Waals surface area contributed by atoms with Gasteiger partial charge in [0.25, 0.3) is 0 Å². The van der Waals surface area contributed by atoms with E-state index in [9.17, 15) is 4.79 Å². The van der Waals surface area contributed by atoms with E-state index in [4.69, 9.17) is 14.2 Å². The summed E-state index contributed by atoms with van der Waals surface area (Å²) in [6, 6.07) is 5.58. The minimum absolute atomic E-state index is 0.482. The topological polar surface area (TPSA) is 44.8 Å². The molecule has 100 valence electrons. The fourth-order valence-corrected chi connectivity index (χ4v) is 1.65. The Labute approximate surface area is 108 Å². The Morgan fingerprint density at radius 3 is 2.50 bits per heavy atom. The molecule has 0 fully saturated rings. The van der Waals surface area contributed by atoms with Crippen molar-refractivity contribution in [3.05, 3.63) is 29.3 Å². The van der Waals surface area contributed by atoms with E-state index in [0.29, 0.717) is 31.1 Å². The second-order valence-electron chi connectivity index (χ2n) is 3.97. The molecule has 0 unspecified atom stereocenters. The van der Waals surface area contributed by atoms with Crippen LogP contribution in [-0.4, -0.2) is 40.3 Å². The number of carbonyl (C=O) groups excluding carboxylic acids is 1. The van der Waals surface area contributed by atoms with E-state index in [1.807, 2.05) is 12.1 Å². The van der Waals surface area contributed by atoms with Crippen LogP contribution in [0.15, 0.2) is 18.2 Å². The van der Waals surface area contributed by atoms with Gasteiger partial charge < -0.3 is 14.2 Å². The Morgan fingerprint density at radius 2 is 1.83 bits per heavy atom. The average Bonchev–Trinajstić information content (AvgIpc) is 2.39. The average molecular weight is 252 g/mol. The third-order valence-electron chi connectivity index (χ3n) is 2.49. The molecule has 0 bridgehead atoms. The molecular weight excluding hydrogens is 232 g/mol. The molecular formula is C14H20O4. The fourth-order valence-electron chi connectivity index (χ4n) is 1.65. The summed E-state index contributed by atoms with van der Waals surface area (Å²) >= 11 is 0. The first-order valence-corrected chi connectivity index (χ1v) is 6.00. The van der Waals surface area contributed by atoms with E-state index in [1.165, 1.54) is 0 Å². The van der Waals surface area contributed by atoms with E-state index in [0.717, 1.165) is 24.7 Å². The lowest BCUT2D eigenvalue weighted by Gasteiger charge is -2.09. The van der Waals surface area contributed by atoms with Crippen molar-refractivity contribution in [3.8, 4) is 5.75 Å². The molecule has 0 atom stereocenters. The number of ether oxygens (including phenoxy) is 3. The first-order chi connectivity index (χ1) is 8.80. The van der Waals surface area contributed by atoms with Gasteiger partial charge in [-0.25, -0.2) is 0 Å². The van der Waals surface area contributed by atoms with Crippen molar-refractivity contribution in [1.82, 2.24) is 0 Å². The first-order valence-electron chi connectivity index (χ1n) is 6.00. The van der Waals surface area contributed by atoms with Gasteiger partial charge >= 0.3 is 0 Å². The Balaban J connectivity index is 2.64. The molecule has 0 aromatic heterocycles. The highest BCUT2D eigenvalue weighted by Crippen LogP contribution is 2.17. The molecule has 0 aliphatic heterocycles. The van der Waals surface area contributed by atoms with Crippen LogP contribution in [0.25, 0.3) is 0 Å². The number of carbonyl (C=O) groups is 1. The van der Waals surface area contributed by atoms with Crippen molar-refractivity contribution in [2.24, 2.45) is 0 Å². The molecule has 4 heteroatoms. The van der Waals surface area contributed by atoms with Gasteiger partial charge in [0, 0.05) is 26.4 Å². The molecule has 0 saturated carbocycles. The van der Waals surface area contributed by atoms with Gasteiger partial charge in [0.15, 0.2) is 0 Å². The molecule has 18 heavy (non-hydrogen) atoms. The van der Waals surface area contributed by atoms with Crippen LogP contribution in [-0.2, 0) is 15.9 Å². The zero-order valence-electron chi connectivity index (χ0n) is 11.0. The van der Waals surface area contributed by atoms with Gasteiger partial charge in [-0.2, -0.15) is 0 Å². The monoisotopic (exact) mass is 252 g/mol. The highest BCUT2D eigenvalue weighted by Gasteiger charge is 2.02. The molecule has 0 heterocycles. The Morgan fingerprint density at radius 1 is 1.06 bits per heavy atom. The molecule has 0 aliphatic rings. The highest BCUT2D eigenvalue weighted by molar-refractivity contribution is 5.76. The number of methoxy groups -OCH3 is 2. The van der Waals surface area contributed by atoms with Crippen LogP contribution in [0.3, 0.4) is 0 Å². The standard InChI is InChI=1S/C14H20O4/c1-16-5-3-4-12-8-13(11-15)10-14(9-12)18-7-6-17-2/h8-11H,3-7H2,1-2H3. The molecule has 0 aliphatic carbocycles. The number of aldehydes is 1. The molecule has 1 aromatic rings. The quantitative estimate of drug-likeness (QED) is 0.499. The minimum Gasteiger partial charge on any atom is -0.491 e. The lowest BCUT2D eigenvalue weighted by atomic mass is 10.1. The van der Waals surface area contributed by atoms with E-state index in [2.05, 4.69) is 0 Å². The lowest BCUT2D eigenvalue weighted by molar-refractivity contribution is 0.112. The molecule has 0 spiro atoms. The maximum Gasteiger partial charge on any atom is 0.150 e. The van der Waals surface area contributed by atoms with Crippen molar-refractivity contribution in [3.63, 3.8) is 0 Å². The van der Waals surface area contributed by atoms with Crippen LogP contribution in [0.4, 0.5) is 0 Å². The van der Waals surface area contributed by atoms with E-state index in [1.54, 1.807) is 20.3 Å². The van der Waals surface area contributed by atoms with Crippen molar-refractivity contribution >= 4 is 6.29 Å². The summed E-state index contributed by atoms with van der Waals surface area (Å²) in [6.07, 6.45) is 2.63.